The molecule has 1 saturated heterocycles. The molecular weight excluding hydrogens is 346 g/mol. The minimum Gasteiger partial charge on any atom is -0.379 e. The summed E-state index contributed by atoms with van der Waals surface area (Å²) in [6.45, 7) is 5.00. The van der Waals surface area contributed by atoms with Crippen molar-refractivity contribution >= 4 is 17.8 Å². The van der Waals surface area contributed by atoms with E-state index in [1.165, 1.54) is 37.0 Å². The van der Waals surface area contributed by atoms with Crippen LogP contribution in [0.2, 0.25) is 0 Å². The Kier molecular flexibility index (Phi) is 7.65. The Morgan fingerprint density at radius 3 is 2.54 bits per heavy atom. The van der Waals surface area contributed by atoms with E-state index in [9.17, 15) is 4.79 Å². The highest BCUT2D eigenvalue weighted by atomic mass is 32.2. The molecule has 0 radical (unpaired) electrons. The Bertz CT molecular complexity index is 543. The van der Waals surface area contributed by atoms with Gasteiger partial charge in [0.05, 0.1) is 13.2 Å². The first-order valence-corrected chi connectivity index (χ1v) is 10.8. The Morgan fingerprint density at radius 1 is 1.08 bits per heavy atom. The third-order valence-corrected chi connectivity index (χ3v) is 6.46. The summed E-state index contributed by atoms with van der Waals surface area (Å²) in [6.07, 6.45) is 6.19. The first kappa shape index (κ1) is 19.5. The number of ether oxygens (including phenoxy) is 1. The van der Waals surface area contributed by atoms with Gasteiger partial charge in [-0.3, -0.25) is 4.90 Å². The minimum atomic E-state index is -0.0446. The zero-order chi connectivity index (χ0) is 18.1. The van der Waals surface area contributed by atoms with E-state index in [1.54, 1.807) is 11.8 Å². The molecule has 1 heterocycles. The molecule has 1 aliphatic heterocycles. The quantitative estimate of drug-likeness (QED) is 0.566. The molecule has 2 aliphatic rings. The molecule has 3 rings (SSSR count). The molecule has 0 unspecified atom stereocenters. The second kappa shape index (κ2) is 10.2. The number of amides is 2. The SMILES string of the molecule is O=C(NCCSc1ccccc1)NCC1(N2CCOCC2)CCCCC1. The van der Waals surface area contributed by atoms with Crippen LogP contribution in [0.25, 0.3) is 0 Å². The van der Waals surface area contributed by atoms with Crippen LogP contribution in [-0.4, -0.2) is 61.6 Å². The maximum atomic E-state index is 12.2. The number of thioether (sulfide) groups is 1. The highest BCUT2D eigenvalue weighted by Gasteiger charge is 2.38. The van der Waals surface area contributed by atoms with Gasteiger partial charge in [0.2, 0.25) is 0 Å². The van der Waals surface area contributed by atoms with Crippen molar-refractivity contribution in [1.82, 2.24) is 15.5 Å². The molecule has 2 fully saturated rings. The van der Waals surface area contributed by atoms with Crippen molar-refractivity contribution in [2.45, 2.75) is 42.5 Å². The molecule has 1 aromatic rings. The molecular formula is C20H31N3O2S. The second-order valence-electron chi connectivity index (χ2n) is 7.16. The van der Waals surface area contributed by atoms with Crippen molar-refractivity contribution in [1.29, 1.82) is 0 Å². The largest absolute Gasteiger partial charge is 0.379 e. The van der Waals surface area contributed by atoms with Gasteiger partial charge in [0, 0.05) is 42.4 Å². The van der Waals surface area contributed by atoms with E-state index in [0.717, 1.165) is 38.6 Å². The van der Waals surface area contributed by atoms with E-state index in [1.807, 2.05) is 18.2 Å². The average Bonchev–Trinajstić information content (AvgIpc) is 2.72. The second-order valence-corrected chi connectivity index (χ2v) is 8.32. The van der Waals surface area contributed by atoms with E-state index in [4.69, 9.17) is 4.74 Å². The molecule has 0 spiro atoms. The molecule has 2 amide bonds. The van der Waals surface area contributed by atoms with Gasteiger partial charge in [0.25, 0.3) is 0 Å². The van der Waals surface area contributed by atoms with Crippen LogP contribution in [0.5, 0.6) is 0 Å². The summed E-state index contributed by atoms with van der Waals surface area (Å²) in [4.78, 5) is 16.0. The standard InChI is InChI=1S/C20H31N3O2S/c24-19(21-11-16-26-18-7-3-1-4-8-18)22-17-20(9-5-2-6-10-20)23-12-14-25-15-13-23/h1,3-4,7-8H,2,5-6,9-17H2,(H2,21,22,24). The summed E-state index contributed by atoms with van der Waals surface area (Å²) < 4.78 is 5.52. The molecule has 0 atom stereocenters. The van der Waals surface area contributed by atoms with Gasteiger partial charge in [-0.05, 0) is 25.0 Å². The number of nitrogens with zero attached hydrogens (tertiary/aromatic N) is 1. The van der Waals surface area contributed by atoms with Gasteiger partial charge >= 0.3 is 6.03 Å². The fraction of sp³-hybridized carbons (Fsp3) is 0.650. The van der Waals surface area contributed by atoms with Crippen LogP contribution < -0.4 is 10.6 Å². The first-order chi connectivity index (χ1) is 12.8. The molecule has 1 saturated carbocycles. The monoisotopic (exact) mass is 377 g/mol. The van der Waals surface area contributed by atoms with Gasteiger partial charge in [-0.1, -0.05) is 37.5 Å². The van der Waals surface area contributed by atoms with Crippen molar-refractivity contribution in [3.63, 3.8) is 0 Å². The number of nitrogens with one attached hydrogen (secondary N) is 2. The van der Waals surface area contributed by atoms with Gasteiger partial charge in [0.1, 0.15) is 0 Å². The van der Waals surface area contributed by atoms with Crippen LogP contribution in [0.3, 0.4) is 0 Å². The molecule has 0 aromatic heterocycles. The average molecular weight is 378 g/mol. The third kappa shape index (κ3) is 5.63. The summed E-state index contributed by atoms with van der Waals surface area (Å²) in [5, 5.41) is 6.15. The zero-order valence-electron chi connectivity index (χ0n) is 15.5. The Morgan fingerprint density at radius 2 is 1.81 bits per heavy atom. The third-order valence-electron chi connectivity index (χ3n) is 5.44. The van der Waals surface area contributed by atoms with Crippen LogP contribution in [0, 0.1) is 0 Å². The van der Waals surface area contributed by atoms with Crippen molar-refractivity contribution in [3.8, 4) is 0 Å². The lowest BCUT2D eigenvalue weighted by Gasteiger charge is -2.48. The van der Waals surface area contributed by atoms with E-state index in [2.05, 4.69) is 27.7 Å². The van der Waals surface area contributed by atoms with Gasteiger partial charge in [0.15, 0.2) is 0 Å². The van der Waals surface area contributed by atoms with Crippen molar-refractivity contribution < 1.29 is 9.53 Å². The molecule has 26 heavy (non-hydrogen) atoms. The predicted octanol–water partition coefficient (Wildman–Crippen LogP) is 3.11. The van der Waals surface area contributed by atoms with E-state index in [0.29, 0.717) is 6.54 Å². The van der Waals surface area contributed by atoms with Crippen molar-refractivity contribution in [2.75, 3.05) is 45.1 Å². The smallest absolute Gasteiger partial charge is 0.314 e. The minimum absolute atomic E-state index is 0.0446. The topological polar surface area (TPSA) is 53.6 Å². The van der Waals surface area contributed by atoms with Crippen LogP contribution in [-0.2, 0) is 4.74 Å². The van der Waals surface area contributed by atoms with E-state index < -0.39 is 0 Å². The summed E-state index contributed by atoms with van der Waals surface area (Å²) in [6, 6.07) is 10.2. The maximum absolute atomic E-state index is 12.2. The Balaban J connectivity index is 1.41. The van der Waals surface area contributed by atoms with Crippen LogP contribution >= 0.6 is 11.8 Å². The number of urea groups is 1. The summed E-state index contributed by atoms with van der Waals surface area (Å²) in [7, 11) is 0. The molecule has 0 bridgehead atoms. The number of hydrogen-bond donors (Lipinski definition) is 2. The number of carbonyl (C=O) groups is 1. The van der Waals surface area contributed by atoms with Gasteiger partial charge in [-0.25, -0.2) is 4.79 Å². The number of morpholine rings is 1. The lowest BCUT2D eigenvalue weighted by atomic mass is 9.80. The number of hydrogen-bond acceptors (Lipinski definition) is 4. The molecule has 2 N–H and O–H groups in total. The fourth-order valence-electron chi connectivity index (χ4n) is 4.01. The lowest BCUT2D eigenvalue weighted by Crippen LogP contribution is -2.60. The highest BCUT2D eigenvalue weighted by Crippen LogP contribution is 2.33. The first-order valence-electron chi connectivity index (χ1n) is 9.81. The summed E-state index contributed by atoms with van der Waals surface area (Å²) >= 11 is 1.77. The van der Waals surface area contributed by atoms with Gasteiger partial charge < -0.3 is 15.4 Å². The van der Waals surface area contributed by atoms with Crippen LogP contribution in [0.4, 0.5) is 4.79 Å². The molecule has 144 valence electrons. The Hall–Kier alpha value is -1.24. The van der Waals surface area contributed by atoms with E-state index in [-0.39, 0.29) is 11.6 Å². The molecule has 5 nitrogen and oxygen atoms in total. The van der Waals surface area contributed by atoms with Crippen molar-refractivity contribution in [2.24, 2.45) is 0 Å². The molecule has 6 heteroatoms. The normalized spacial score (nSPS) is 20.5. The van der Waals surface area contributed by atoms with Crippen LogP contribution in [0.1, 0.15) is 32.1 Å². The molecule has 1 aliphatic carbocycles. The highest BCUT2D eigenvalue weighted by molar-refractivity contribution is 7.99. The predicted molar refractivity (Wildman–Crippen MR) is 107 cm³/mol. The van der Waals surface area contributed by atoms with E-state index >= 15 is 0 Å². The summed E-state index contributed by atoms with van der Waals surface area (Å²) in [5.74, 6) is 0.881. The lowest BCUT2D eigenvalue weighted by molar-refractivity contribution is -0.0357. The van der Waals surface area contributed by atoms with Crippen LogP contribution in [0.15, 0.2) is 35.2 Å². The Labute approximate surface area is 161 Å². The summed E-state index contributed by atoms with van der Waals surface area (Å²) in [5.41, 5.74) is 0.123. The van der Waals surface area contributed by atoms with Gasteiger partial charge in [-0.2, -0.15) is 0 Å². The molecule has 1 aromatic carbocycles. The number of rotatable bonds is 7. The maximum Gasteiger partial charge on any atom is 0.314 e. The fourth-order valence-corrected chi connectivity index (χ4v) is 4.80. The zero-order valence-corrected chi connectivity index (χ0v) is 16.4. The van der Waals surface area contributed by atoms with Gasteiger partial charge in [-0.15, -0.1) is 11.8 Å². The number of benzene rings is 1. The number of carbonyl (C=O) groups excluding carboxylic acids is 1. The van der Waals surface area contributed by atoms with Crippen molar-refractivity contribution in [3.05, 3.63) is 30.3 Å².